The molecule has 0 aromatic heterocycles. The minimum atomic E-state index is -0.531. The van der Waals surface area contributed by atoms with Crippen molar-refractivity contribution in [1.29, 1.82) is 0 Å². The summed E-state index contributed by atoms with van der Waals surface area (Å²) in [5.41, 5.74) is 1.14. The third-order valence-corrected chi connectivity index (χ3v) is 1.78. The predicted molar refractivity (Wildman–Crippen MR) is 32.4 cm³/mol. The lowest BCUT2D eigenvalue weighted by molar-refractivity contribution is 0.155. The highest BCUT2D eigenvalue weighted by Gasteiger charge is 2.28. The molecule has 0 spiro atoms. The predicted octanol–water partition coefficient (Wildman–Crippen LogP) is 2.31. The molecule has 0 aliphatic heterocycles. The van der Waals surface area contributed by atoms with Gasteiger partial charge >= 0.3 is 0 Å². The Balaban J connectivity index is 2.25. The van der Waals surface area contributed by atoms with E-state index in [1.54, 1.807) is 0 Å². The second-order valence-corrected chi connectivity index (χ2v) is 2.61. The molecule has 0 amide bonds. The first-order valence-electron chi connectivity index (χ1n) is 2.99. The maximum Gasteiger partial charge on any atom is 0.101 e. The summed E-state index contributed by atoms with van der Waals surface area (Å²) < 4.78 is 12.1. The van der Waals surface area contributed by atoms with E-state index in [0.717, 1.165) is 18.4 Å². The Bertz CT molecular complexity index is 101. The molecule has 0 bridgehead atoms. The van der Waals surface area contributed by atoms with E-state index in [4.69, 9.17) is 0 Å². The van der Waals surface area contributed by atoms with Gasteiger partial charge in [-0.25, -0.2) is 4.39 Å². The van der Waals surface area contributed by atoms with Crippen LogP contribution in [-0.4, -0.2) is 6.17 Å². The van der Waals surface area contributed by atoms with Crippen molar-refractivity contribution in [2.24, 2.45) is 5.92 Å². The van der Waals surface area contributed by atoms with Crippen molar-refractivity contribution in [2.45, 2.75) is 25.9 Å². The summed E-state index contributed by atoms with van der Waals surface area (Å²) in [5, 5.41) is 0. The van der Waals surface area contributed by atoms with Crippen LogP contribution >= 0.6 is 0 Å². The maximum absolute atomic E-state index is 12.1. The van der Waals surface area contributed by atoms with Crippen molar-refractivity contribution in [3.8, 4) is 0 Å². The van der Waals surface area contributed by atoms with Crippen molar-refractivity contribution < 1.29 is 4.39 Å². The Kier molecular flexibility index (Phi) is 1.37. The highest BCUT2D eigenvalue weighted by Crippen LogP contribution is 2.34. The van der Waals surface area contributed by atoms with Crippen LogP contribution in [-0.2, 0) is 0 Å². The molecule has 46 valence electrons. The van der Waals surface area contributed by atoms with Crippen LogP contribution in [0.15, 0.2) is 12.2 Å². The molecule has 1 saturated carbocycles. The van der Waals surface area contributed by atoms with Gasteiger partial charge in [-0.15, -0.1) is 0 Å². The van der Waals surface area contributed by atoms with Crippen molar-refractivity contribution in [2.75, 3.05) is 0 Å². The molecular weight excluding hydrogens is 103 g/mol. The smallest absolute Gasteiger partial charge is 0.101 e. The van der Waals surface area contributed by atoms with Gasteiger partial charge in [-0.3, -0.25) is 0 Å². The number of allylic oxidation sites excluding steroid dienone is 1. The van der Waals surface area contributed by atoms with Crippen LogP contribution in [0.3, 0.4) is 0 Å². The summed E-state index contributed by atoms with van der Waals surface area (Å²) in [6, 6.07) is 0. The fourth-order valence-electron chi connectivity index (χ4n) is 0.951. The molecule has 1 aliphatic rings. The van der Waals surface area contributed by atoms with E-state index < -0.39 is 6.17 Å². The SMILES string of the molecule is C=C(C)[C@H]1C[C@H](F)C1. The lowest BCUT2D eigenvalue weighted by atomic mass is 9.79. The Morgan fingerprint density at radius 1 is 1.62 bits per heavy atom. The second-order valence-electron chi connectivity index (χ2n) is 2.61. The molecular formula is C7H11F. The molecule has 1 rings (SSSR count). The number of hydrogen-bond donors (Lipinski definition) is 0. The zero-order chi connectivity index (χ0) is 6.15. The minimum absolute atomic E-state index is 0.491. The summed E-state index contributed by atoms with van der Waals surface area (Å²) in [4.78, 5) is 0. The summed E-state index contributed by atoms with van der Waals surface area (Å²) >= 11 is 0. The number of halogens is 1. The molecule has 1 fully saturated rings. The van der Waals surface area contributed by atoms with Crippen LogP contribution in [0.4, 0.5) is 4.39 Å². The standard InChI is InChI=1S/C7H11F/c1-5(2)6-3-7(8)4-6/h6-7H,1,3-4H2,2H3/t6-,7-. The first kappa shape index (κ1) is 5.80. The van der Waals surface area contributed by atoms with Gasteiger partial charge < -0.3 is 0 Å². The summed E-state index contributed by atoms with van der Waals surface area (Å²) in [5.74, 6) is 0.491. The second kappa shape index (κ2) is 1.88. The quantitative estimate of drug-likeness (QED) is 0.459. The van der Waals surface area contributed by atoms with Crippen LogP contribution in [0.1, 0.15) is 19.8 Å². The Hall–Kier alpha value is -0.330. The van der Waals surface area contributed by atoms with E-state index in [2.05, 4.69) is 6.58 Å². The van der Waals surface area contributed by atoms with Gasteiger partial charge in [-0.1, -0.05) is 12.2 Å². The average molecular weight is 114 g/mol. The highest BCUT2D eigenvalue weighted by atomic mass is 19.1. The van der Waals surface area contributed by atoms with Gasteiger partial charge in [-0.05, 0) is 25.7 Å². The Morgan fingerprint density at radius 2 is 2.12 bits per heavy atom. The fourth-order valence-corrected chi connectivity index (χ4v) is 0.951. The van der Waals surface area contributed by atoms with Gasteiger partial charge in [0.2, 0.25) is 0 Å². The molecule has 1 aliphatic carbocycles. The van der Waals surface area contributed by atoms with Gasteiger partial charge in [0.05, 0.1) is 0 Å². The monoisotopic (exact) mass is 114 g/mol. The van der Waals surface area contributed by atoms with Crippen LogP contribution in [0.2, 0.25) is 0 Å². The molecule has 0 heterocycles. The van der Waals surface area contributed by atoms with E-state index in [-0.39, 0.29) is 0 Å². The summed E-state index contributed by atoms with van der Waals surface area (Å²) in [6.07, 6.45) is 0.904. The largest absolute Gasteiger partial charge is 0.247 e. The van der Waals surface area contributed by atoms with Crippen LogP contribution in [0.5, 0.6) is 0 Å². The van der Waals surface area contributed by atoms with E-state index in [0.29, 0.717) is 5.92 Å². The van der Waals surface area contributed by atoms with Gasteiger partial charge in [0, 0.05) is 0 Å². The van der Waals surface area contributed by atoms with E-state index in [9.17, 15) is 4.39 Å². The van der Waals surface area contributed by atoms with Crippen LogP contribution in [0, 0.1) is 5.92 Å². The Labute approximate surface area is 49.4 Å². The van der Waals surface area contributed by atoms with Crippen molar-refractivity contribution in [3.05, 3.63) is 12.2 Å². The first-order valence-corrected chi connectivity index (χ1v) is 2.99. The van der Waals surface area contributed by atoms with E-state index in [1.807, 2.05) is 6.92 Å². The normalized spacial score (nSPS) is 36.2. The van der Waals surface area contributed by atoms with Gasteiger partial charge in [0.25, 0.3) is 0 Å². The fraction of sp³-hybridized carbons (Fsp3) is 0.714. The maximum atomic E-state index is 12.1. The third-order valence-electron chi connectivity index (χ3n) is 1.78. The van der Waals surface area contributed by atoms with Gasteiger partial charge in [-0.2, -0.15) is 0 Å². The van der Waals surface area contributed by atoms with Crippen LogP contribution in [0.25, 0.3) is 0 Å². The molecule has 0 atom stereocenters. The van der Waals surface area contributed by atoms with Gasteiger partial charge in [0.1, 0.15) is 6.17 Å². The average Bonchev–Trinajstić information content (AvgIpc) is 1.57. The molecule has 0 aromatic rings. The number of rotatable bonds is 1. The molecule has 8 heavy (non-hydrogen) atoms. The van der Waals surface area contributed by atoms with Crippen molar-refractivity contribution in [3.63, 3.8) is 0 Å². The molecule has 1 heteroatoms. The van der Waals surface area contributed by atoms with E-state index >= 15 is 0 Å². The molecule has 0 unspecified atom stereocenters. The third kappa shape index (κ3) is 0.908. The molecule has 0 aromatic carbocycles. The lowest BCUT2D eigenvalue weighted by Gasteiger charge is -2.29. The highest BCUT2D eigenvalue weighted by molar-refractivity contribution is 5.02. The zero-order valence-corrected chi connectivity index (χ0v) is 5.15. The van der Waals surface area contributed by atoms with Crippen molar-refractivity contribution in [1.82, 2.24) is 0 Å². The lowest BCUT2D eigenvalue weighted by Crippen LogP contribution is -2.24. The number of hydrogen-bond acceptors (Lipinski definition) is 0. The van der Waals surface area contributed by atoms with Gasteiger partial charge in [0.15, 0.2) is 0 Å². The first-order chi connectivity index (χ1) is 3.70. The van der Waals surface area contributed by atoms with E-state index in [1.165, 1.54) is 0 Å². The van der Waals surface area contributed by atoms with Crippen molar-refractivity contribution >= 4 is 0 Å². The molecule has 0 saturated heterocycles. The molecule has 0 radical (unpaired) electrons. The summed E-state index contributed by atoms with van der Waals surface area (Å²) in [7, 11) is 0. The molecule has 0 nitrogen and oxygen atoms in total. The minimum Gasteiger partial charge on any atom is -0.247 e. The number of alkyl halides is 1. The topological polar surface area (TPSA) is 0 Å². The van der Waals surface area contributed by atoms with Crippen LogP contribution < -0.4 is 0 Å². The zero-order valence-electron chi connectivity index (χ0n) is 5.15. The summed E-state index contributed by atoms with van der Waals surface area (Å²) in [6.45, 7) is 5.71. The Morgan fingerprint density at radius 3 is 2.25 bits per heavy atom. The molecule has 0 N–H and O–H groups in total.